The molecule has 1 aromatic rings. The molecule has 1 heterocycles. The monoisotopic (exact) mass is 268 g/mol. The quantitative estimate of drug-likeness (QED) is 0.892. The van der Waals surface area contributed by atoms with Crippen LogP contribution in [0, 0.1) is 5.82 Å². The molecule has 0 spiro atoms. The second-order valence-corrected chi connectivity index (χ2v) is 3.21. The average Bonchev–Trinajstić information content (AvgIpc) is 2.02. The van der Waals surface area contributed by atoms with Crippen molar-refractivity contribution in [1.82, 2.24) is 4.98 Å². The first kappa shape index (κ1) is 11.0. The van der Waals surface area contributed by atoms with E-state index < -0.39 is 29.5 Å². The predicted octanol–water partition coefficient (Wildman–Crippen LogP) is 2.02. The maximum Gasteiger partial charge on any atom is 0.281 e. The summed E-state index contributed by atoms with van der Waals surface area (Å²) < 4.78 is 37.2. The Labute approximate surface area is 85.2 Å². The summed E-state index contributed by atoms with van der Waals surface area (Å²) in [7, 11) is 0. The topological polar surface area (TPSA) is 56.0 Å². The van der Waals surface area contributed by atoms with Gasteiger partial charge in [-0.05, 0) is 22.0 Å². The Hall–Kier alpha value is -1.11. The van der Waals surface area contributed by atoms with Crippen molar-refractivity contribution in [1.29, 1.82) is 0 Å². The van der Waals surface area contributed by atoms with Crippen LogP contribution in [0.1, 0.15) is 22.6 Å². The minimum Gasteiger partial charge on any atom is -0.364 e. The van der Waals surface area contributed by atoms with Gasteiger partial charge >= 0.3 is 0 Å². The molecule has 0 bridgehead atoms. The first-order valence-corrected chi connectivity index (χ1v) is 4.16. The van der Waals surface area contributed by atoms with Crippen LogP contribution < -0.4 is 5.73 Å². The van der Waals surface area contributed by atoms with Crippen LogP contribution >= 0.6 is 15.9 Å². The van der Waals surface area contributed by atoms with E-state index in [1.165, 1.54) is 0 Å². The van der Waals surface area contributed by atoms with E-state index in [-0.39, 0.29) is 4.47 Å². The molecule has 0 aliphatic rings. The van der Waals surface area contributed by atoms with Crippen LogP contribution in [0.4, 0.5) is 13.2 Å². The van der Waals surface area contributed by atoms with Crippen molar-refractivity contribution in [2.24, 2.45) is 5.73 Å². The summed E-state index contributed by atoms with van der Waals surface area (Å²) in [5.74, 6) is -2.22. The normalized spacial score (nSPS) is 10.6. The Kier molecular flexibility index (Phi) is 3.10. The number of amides is 1. The standard InChI is InChI=1S/C7H4BrF3N2O/c8-2-1-3(9)5(7(12)14)13-4(2)6(10)11/h1,6H,(H2,12,14). The van der Waals surface area contributed by atoms with Crippen LogP contribution in [0.15, 0.2) is 10.5 Å². The van der Waals surface area contributed by atoms with Crippen molar-refractivity contribution in [3.05, 3.63) is 27.7 Å². The van der Waals surface area contributed by atoms with Gasteiger partial charge in [-0.3, -0.25) is 4.79 Å². The fraction of sp³-hybridized carbons (Fsp3) is 0.143. The third-order valence-corrected chi connectivity index (χ3v) is 2.03. The number of hydrogen-bond donors (Lipinski definition) is 1. The zero-order chi connectivity index (χ0) is 10.9. The average molecular weight is 269 g/mol. The van der Waals surface area contributed by atoms with Gasteiger partial charge < -0.3 is 5.73 Å². The highest BCUT2D eigenvalue weighted by Crippen LogP contribution is 2.26. The highest BCUT2D eigenvalue weighted by molar-refractivity contribution is 9.10. The van der Waals surface area contributed by atoms with Crippen LogP contribution in [0.3, 0.4) is 0 Å². The summed E-state index contributed by atoms with van der Waals surface area (Å²) in [6.45, 7) is 0. The van der Waals surface area contributed by atoms with Gasteiger partial charge in [0.25, 0.3) is 12.3 Å². The molecule has 0 aliphatic heterocycles. The third kappa shape index (κ3) is 2.03. The van der Waals surface area contributed by atoms with Gasteiger partial charge in [-0.1, -0.05) is 0 Å². The molecule has 0 fully saturated rings. The maximum atomic E-state index is 12.9. The number of rotatable bonds is 2. The van der Waals surface area contributed by atoms with Gasteiger partial charge in [-0.2, -0.15) is 0 Å². The maximum absolute atomic E-state index is 12.9. The van der Waals surface area contributed by atoms with E-state index in [1.54, 1.807) is 0 Å². The zero-order valence-electron chi connectivity index (χ0n) is 6.60. The van der Waals surface area contributed by atoms with Crippen LogP contribution in [-0.4, -0.2) is 10.9 Å². The summed E-state index contributed by atoms with van der Waals surface area (Å²) >= 11 is 2.70. The van der Waals surface area contributed by atoms with Gasteiger partial charge in [0.15, 0.2) is 11.5 Å². The van der Waals surface area contributed by atoms with Crippen LogP contribution in [0.25, 0.3) is 0 Å². The molecular formula is C7H4BrF3N2O. The van der Waals surface area contributed by atoms with E-state index in [2.05, 4.69) is 20.9 Å². The molecule has 7 heteroatoms. The largest absolute Gasteiger partial charge is 0.364 e. The molecule has 2 N–H and O–H groups in total. The molecule has 1 aromatic heterocycles. The lowest BCUT2D eigenvalue weighted by Crippen LogP contribution is -2.16. The molecule has 0 radical (unpaired) electrons. The molecule has 0 aliphatic carbocycles. The second-order valence-electron chi connectivity index (χ2n) is 2.35. The molecule has 76 valence electrons. The Morgan fingerprint density at radius 2 is 2.14 bits per heavy atom. The van der Waals surface area contributed by atoms with Gasteiger partial charge in [0.05, 0.1) is 0 Å². The van der Waals surface area contributed by atoms with Crippen molar-refractivity contribution in [3.63, 3.8) is 0 Å². The van der Waals surface area contributed by atoms with E-state index in [0.29, 0.717) is 0 Å². The summed E-state index contributed by atoms with van der Waals surface area (Å²) in [4.78, 5) is 13.7. The summed E-state index contributed by atoms with van der Waals surface area (Å²) in [6.07, 6.45) is -2.90. The third-order valence-electron chi connectivity index (χ3n) is 1.40. The lowest BCUT2D eigenvalue weighted by molar-refractivity contribution is 0.0988. The fourth-order valence-corrected chi connectivity index (χ4v) is 1.27. The van der Waals surface area contributed by atoms with Crippen molar-refractivity contribution in [2.75, 3.05) is 0 Å². The molecule has 14 heavy (non-hydrogen) atoms. The number of aromatic nitrogens is 1. The number of nitrogens with two attached hydrogens (primary N) is 1. The molecule has 1 rings (SSSR count). The van der Waals surface area contributed by atoms with Gasteiger partial charge in [0.1, 0.15) is 5.69 Å². The van der Waals surface area contributed by atoms with E-state index in [1.807, 2.05) is 0 Å². The molecule has 0 saturated heterocycles. The number of primary amides is 1. The van der Waals surface area contributed by atoms with Crippen LogP contribution in [-0.2, 0) is 0 Å². The number of carbonyl (C=O) groups is 1. The van der Waals surface area contributed by atoms with Crippen molar-refractivity contribution >= 4 is 21.8 Å². The minimum absolute atomic E-state index is 0.199. The Bertz CT molecular complexity index is 383. The lowest BCUT2D eigenvalue weighted by Gasteiger charge is -2.04. The molecule has 0 saturated carbocycles. The van der Waals surface area contributed by atoms with Gasteiger partial charge in [-0.15, -0.1) is 0 Å². The molecular weight excluding hydrogens is 265 g/mol. The van der Waals surface area contributed by atoms with Crippen molar-refractivity contribution in [3.8, 4) is 0 Å². The Balaban J connectivity index is 3.34. The van der Waals surface area contributed by atoms with E-state index >= 15 is 0 Å². The summed E-state index contributed by atoms with van der Waals surface area (Å²) in [5, 5.41) is 0. The summed E-state index contributed by atoms with van der Waals surface area (Å²) in [6, 6.07) is 0.731. The van der Waals surface area contributed by atoms with Gasteiger partial charge in [-0.25, -0.2) is 18.2 Å². The van der Waals surface area contributed by atoms with Gasteiger partial charge in [0.2, 0.25) is 0 Å². The molecule has 0 aromatic carbocycles. The van der Waals surface area contributed by atoms with E-state index in [0.717, 1.165) is 6.07 Å². The number of pyridine rings is 1. The van der Waals surface area contributed by atoms with Gasteiger partial charge in [0, 0.05) is 4.47 Å². The Morgan fingerprint density at radius 3 is 2.57 bits per heavy atom. The molecule has 0 unspecified atom stereocenters. The first-order valence-electron chi connectivity index (χ1n) is 3.37. The summed E-state index contributed by atoms with van der Waals surface area (Å²) in [5.41, 5.74) is 3.24. The Morgan fingerprint density at radius 1 is 1.57 bits per heavy atom. The SMILES string of the molecule is NC(=O)c1nc(C(F)F)c(Br)cc1F. The van der Waals surface area contributed by atoms with Crippen molar-refractivity contribution in [2.45, 2.75) is 6.43 Å². The highest BCUT2D eigenvalue weighted by Gasteiger charge is 2.19. The van der Waals surface area contributed by atoms with Crippen molar-refractivity contribution < 1.29 is 18.0 Å². The number of halogens is 4. The minimum atomic E-state index is -2.90. The number of hydrogen-bond acceptors (Lipinski definition) is 2. The predicted molar refractivity (Wildman–Crippen MR) is 45.4 cm³/mol. The molecule has 1 amide bonds. The molecule has 3 nitrogen and oxygen atoms in total. The van der Waals surface area contributed by atoms with Crippen LogP contribution in [0.5, 0.6) is 0 Å². The zero-order valence-corrected chi connectivity index (χ0v) is 8.19. The van der Waals surface area contributed by atoms with E-state index in [9.17, 15) is 18.0 Å². The first-order chi connectivity index (χ1) is 6.43. The number of alkyl halides is 2. The lowest BCUT2D eigenvalue weighted by atomic mass is 10.3. The molecule has 0 atom stereocenters. The number of carbonyl (C=O) groups excluding carboxylic acids is 1. The van der Waals surface area contributed by atoms with E-state index in [4.69, 9.17) is 5.73 Å². The fourth-order valence-electron chi connectivity index (χ4n) is 0.807. The highest BCUT2D eigenvalue weighted by atomic mass is 79.9. The smallest absolute Gasteiger partial charge is 0.281 e. The van der Waals surface area contributed by atoms with Crippen LogP contribution in [0.2, 0.25) is 0 Å². The second kappa shape index (κ2) is 3.95. The number of nitrogens with zero attached hydrogens (tertiary/aromatic N) is 1.